The first-order valence-electron chi connectivity index (χ1n) is 5.92. The highest BCUT2D eigenvalue weighted by Crippen LogP contribution is 2.22. The summed E-state index contributed by atoms with van der Waals surface area (Å²) in [5.74, 6) is 0. The maximum atomic E-state index is 9.33. The summed E-state index contributed by atoms with van der Waals surface area (Å²) in [6.45, 7) is 7.26. The molecule has 0 fully saturated rings. The van der Waals surface area contributed by atoms with Crippen molar-refractivity contribution in [2.45, 2.75) is 33.6 Å². The summed E-state index contributed by atoms with van der Waals surface area (Å²) < 4.78 is 1.82. The summed E-state index contributed by atoms with van der Waals surface area (Å²) in [5, 5.41) is 17.1. The van der Waals surface area contributed by atoms with Crippen LogP contribution >= 0.6 is 0 Å². The van der Waals surface area contributed by atoms with Gasteiger partial charge in [-0.25, -0.2) is 0 Å². The van der Waals surface area contributed by atoms with Crippen LogP contribution < -0.4 is 5.32 Å². The van der Waals surface area contributed by atoms with Gasteiger partial charge in [-0.2, -0.15) is 5.10 Å². The summed E-state index contributed by atoms with van der Waals surface area (Å²) >= 11 is 0. The summed E-state index contributed by atoms with van der Waals surface area (Å²) in [5.41, 5.74) is 2.11. The smallest absolute Gasteiger partial charge is 0.0853 e. The van der Waals surface area contributed by atoms with Gasteiger partial charge in [-0.15, -0.1) is 0 Å². The number of aliphatic hydroxyl groups excluding tert-OH is 1. The topological polar surface area (TPSA) is 50.1 Å². The normalized spacial score (nSPS) is 14.8. The lowest BCUT2D eigenvalue weighted by Crippen LogP contribution is -2.29. The summed E-state index contributed by atoms with van der Waals surface area (Å²) in [7, 11) is 1.93. The molecule has 0 amide bonds. The lowest BCUT2D eigenvalue weighted by atomic mass is 9.88. The number of aromatic nitrogens is 2. The van der Waals surface area contributed by atoms with Gasteiger partial charge in [0.15, 0.2) is 0 Å². The molecule has 0 spiro atoms. The quantitative estimate of drug-likeness (QED) is 0.776. The van der Waals surface area contributed by atoms with Gasteiger partial charge in [-0.3, -0.25) is 4.68 Å². The molecule has 2 N–H and O–H groups in total. The third-order valence-corrected chi connectivity index (χ3v) is 3.18. The highest BCUT2D eigenvalue weighted by molar-refractivity contribution is 5.46. The molecule has 1 atom stereocenters. The Morgan fingerprint density at radius 1 is 1.50 bits per heavy atom. The van der Waals surface area contributed by atoms with E-state index in [2.05, 4.69) is 31.2 Å². The zero-order valence-corrected chi connectivity index (χ0v) is 10.7. The van der Waals surface area contributed by atoms with Gasteiger partial charge in [-0.05, 0) is 12.8 Å². The third-order valence-electron chi connectivity index (χ3n) is 3.18. The predicted octanol–water partition coefficient (Wildman–Crippen LogP) is 1.80. The van der Waals surface area contributed by atoms with Gasteiger partial charge in [0.2, 0.25) is 0 Å². The van der Waals surface area contributed by atoms with E-state index < -0.39 is 0 Å². The van der Waals surface area contributed by atoms with Crippen LogP contribution in [0.25, 0.3) is 0 Å². The Morgan fingerprint density at radius 2 is 2.19 bits per heavy atom. The molecule has 1 rings (SSSR count). The molecule has 4 nitrogen and oxygen atoms in total. The van der Waals surface area contributed by atoms with E-state index in [1.54, 1.807) is 0 Å². The summed E-state index contributed by atoms with van der Waals surface area (Å²) in [6.07, 6.45) is 3.87. The second-order valence-electron chi connectivity index (χ2n) is 4.69. The predicted molar refractivity (Wildman–Crippen MR) is 66.6 cm³/mol. The number of rotatable bonds is 6. The second kappa shape index (κ2) is 5.34. The monoisotopic (exact) mass is 225 g/mol. The first-order chi connectivity index (χ1) is 7.54. The van der Waals surface area contributed by atoms with Crippen LogP contribution in [0, 0.1) is 5.41 Å². The minimum absolute atomic E-state index is 0.0547. The van der Waals surface area contributed by atoms with Gasteiger partial charge in [0, 0.05) is 25.2 Å². The van der Waals surface area contributed by atoms with Crippen molar-refractivity contribution < 1.29 is 5.11 Å². The van der Waals surface area contributed by atoms with Gasteiger partial charge in [0.1, 0.15) is 0 Å². The average molecular weight is 225 g/mol. The first-order valence-corrected chi connectivity index (χ1v) is 5.92. The van der Waals surface area contributed by atoms with Crippen LogP contribution in [0.15, 0.2) is 6.20 Å². The minimum atomic E-state index is -0.0547. The largest absolute Gasteiger partial charge is 0.396 e. The Morgan fingerprint density at radius 3 is 2.69 bits per heavy atom. The fraction of sp³-hybridized carbons (Fsp3) is 0.750. The molecule has 0 saturated heterocycles. The van der Waals surface area contributed by atoms with E-state index in [0.29, 0.717) is 0 Å². The van der Waals surface area contributed by atoms with Crippen LogP contribution in [0.5, 0.6) is 0 Å². The lowest BCUT2D eigenvalue weighted by molar-refractivity contribution is 0.149. The first kappa shape index (κ1) is 13.0. The number of anilines is 1. The van der Waals surface area contributed by atoms with Crippen LogP contribution in [-0.2, 0) is 13.5 Å². The van der Waals surface area contributed by atoms with E-state index in [1.165, 1.54) is 0 Å². The molecule has 92 valence electrons. The van der Waals surface area contributed by atoms with Crippen molar-refractivity contribution in [3.05, 3.63) is 11.9 Å². The van der Waals surface area contributed by atoms with E-state index in [1.807, 2.05) is 17.9 Å². The third kappa shape index (κ3) is 2.98. The molecule has 1 aromatic heterocycles. The van der Waals surface area contributed by atoms with Crippen LogP contribution in [0.1, 0.15) is 32.9 Å². The molecule has 0 aliphatic rings. The molecule has 4 heteroatoms. The van der Waals surface area contributed by atoms with Gasteiger partial charge in [0.05, 0.1) is 18.0 Å². The Bertz CT molecular complexity index is 329. The number of hydrogen-bond acceptors (Lipinski definition) is 3. The van der Waals surface area contributed by atoms with Gasteiger partial charge in [-0.1, -0.05) is 20.8 Å². The van der Waals surface area contributed by atoms with Crippen molar-refractivity contribution in [2.75, 3.05) is 18.5 Å². The van der Waals surface area contributed by atoms with Crippen LogP contribution in [-0.4, -0.2) is 28.0 Å². The average Bonchev–Trinajstić information content (AvgIpc) is 2.66. The van der Waals surface area contributed by atoms with Crippen molar-refractivity contribution in [1.82, 2.24) is 9.78 Å². The molecule has 1 aromatic rings. The Balaban J connectivity index is 2.66. The molecule has 16 heavy (non-hydrogen) atoms. The van der Waals surface area contributed by atoms with E-state index in [9.17, 15) is 5.11 Å². The lowest BCUT2D eigenvalue weighted by Gasteiger charge is -2.26. The van der Waals surface area contributed by atoms with E-state index in [4.69, 9.17) is 0 Å². The standard InChI is InChI=1S/C12H23N3O/c1-5-10-11(7-15(4)14-10)13-8-12(3,6-2)9-16/h7,13,16H,5-6,8-9H2,1-4H3. The highest BCUT2D eigenvalue weighted by Gasteiger charge is 2.21. The molecular formula is C12H23N3O. The number of aliphatic hydroxyl groups is 1. The van der Waals surface area contributed by atoms with Crippen molar-refractivity contribution in [1.29, 1.82) is 0 Å². The Labute approximate surface area is 97.7 Å². The van der Waals surface area contributed by atoms with Crippen molar-refractivity contribution in [3.8, 4) is 0 Å². The molecule has 1 heterocycles. The SMILES string of the molecule is CCc1nn(C)cc1NCC(C)(CC)CO. The molecule has 0 aliphatic carbocycles. The van der Waals surface area contributed by atoms with Crippen molar-refractivity contribution in [2.24, 2.45) is 12.5 Å². The van der Waals surface area contributed by atoms with Gasteiger partial charge < -0.3 is 10.4 Å². The fourth-order valence-corrected chi connectivity index (χ4v) is 1.54. The Kier molecular flexibility index (Phi) is 4.35. The molecule has 1 unspecified atom stereocenters. The maximum Gasteiger partial charge on any atom is 0.0853 e. The van der Waals surface area contributed by atoms with E-state index in [-0.39, 0.29) is 12.0 Å². The van der Waals surface area contributed by atoms with E-state index in [0.717, 1.165) is 30.8 Å². The van der Waals surface area contributed by atoms with Crippen LogP contribution in [0.2, 0.25) is 0 Å². The van der Waals surface area contributed by atoms with Crippen molar-refractivity contribution >= 4 is 5.69 Å². The molecule has 0 radical (unpaired) electrons. The number of aryl methyl sites for hydroxylation is 2. The summed E-state index contributed by atoms with van der Waals surface area (Å²) in [6, 6.07) is 0. The molecule has 0 bridgehead atoms. The second-order valence-corrected chi connectivity index (χ2v) is 4.69. The molecule has 0 aliphatic heterocycles. The molecular weight excluding hydrogens is 202 g/mol. The van der Waals surface area contributed by atoms with Crippen LogP contribution in [0.3, 0.4) is 0 Å². The number of nitrogens with one attached hydrogen (secondary N) is 1. The number of nitrogens with zero attached hydrogens (tertiary/aromatic N) is 2. The molecule has 0 saturated carbocycles. The molecule has 0 aromatic carbocycles. The highest BCUT2D eigenvalue weighted by atomic mass is 16.3. The maximum absolute atomic E-state index is 9.33. The van der Waals surface area contributed by atoms with Crippen molar-refractivity contribution in [3.63, 3.8) is 0 Å². The minimum Gasteiger partial charge on any atom is -0.396 e. The van der Waals surface area contributed by atoms with E-state index >= 15 is 0 Å². The van der Waals surface area contributed by atoms with Crippen LogP contribution in [0.4, 0.5) is 5.69 Å². The van der Waals surface area contributed by atoms with Gasteiger partial charge >= 0.3 is 0 Å². The summed E-state index contributed by atoms with van der Waals surface area (Å²) in [4.78, 5) is 0. The van der Waals surface area contributed by atoms with Gasteiger partial charge in [0.25, 0.3) is 0 Å². The Hall–Kier alpha value is -1.03. The number of hydrogen-bond donors (Lipinski definition) is 2. The zero-order valence-electron chi connectivity index (χ0n) is 10.7. The fourth-order valence-electron chi connectivity index (χ4n) is 1.54. The zero-order chi connectivity index (χ0) is 12.2.